The maximum atomic E-state index is 10.2. The Balaban J connectivity index is 0.00000242. The predicted octanol–water partition coefficient (Wildman–Crippen LogP) is 1.70. The van der Waals surface area contributed by atoms with E-state index in [-0.39, 0.29) is 22.6 Å². The fourth-order valence-corrected chi connectivity index (χ4v) is 4.19. The third kappa shape index (κ3) is 3.97. The number of fused-ring (bicyclic) bond motifs is 1. The summed E-state index contributed by atoms with van der Waals surface area (Å²) in [7, 11) is -0.768. The Kier molecular flexibility index (Phi) is 6.01. The van der Waals surface area contributed by atoms with E-state index in [4.69, 9.17) is 4.74 Å². The van der Waals surface area contributed by atoms with E-state index in [0.29, 0.717) is 5.75 Å². The van der Waals surface area contributed by atoms with Crippen molar-refractivity contribution in [3.63, 3.8) is 0 Å². The first kappa shape index (κ1) is 19.8. The molecule has 0 aliphatic carbocycles. The lowest BCUT2D eigenvalue weighted by Gasteiger charge is -2.38. The molecule has 0 amide bonds. The molecule has 22 heavy (non-hydrogen) atoms. The Morgan fingerprint density at radius 1 is 1.09 bits per heavy atom. The normalized spacial score (nSPS) is 20.9. The molecule has 1 heterocycles. The summed E-state index contributed by atoms with van der Waals surface area (Å²) in [6.45, 7) is 15.5. The van der Waals surface area contributed by atoms with Crippen LogP contribution >= 0.6 is 7.26 Å². The largest absolute Gasteiger partial charge is 1.00 e. The summed E-state index contributed by atoms with van der Waals surface area (Å²) in [5.74, 6) is 1.47. The number of rotatable bonds is 3. The molecular formula is C18H30BrO2P. The number of hydrogen-bond acceptors (Lipinski definition) is 2. The summed E-state index contributed by atoms with van der Waals surface area (Å²) in [6.07, 6.45) is 4.45. The van der Waals surface area contributed by atoms with Gasteiger partial charge < -0.3 is 26.8 Å². The Bertz CT molecular complexity index is 563. The first-order valence-electron chi connectivity index (χ1n) is 7.85. The van der Waals surface area contributed by atoms with Crippen LogP contribution < -0.4 is 21.7 Å². The molecule has 0 radical (unpaired) electrons. The van der Waals surface area contributed by atoms with Gasteiger partial charge in [-0.25, -0.2) is 0 Å². The molecule has 0 saturated heterocycles. The van der Waals surface area contributed by atoms with Crippen molar-refractivity contribution in [3.05, 3.63) is 22.3 Å². The Hall–Kier alpha value is -0.270. The van der Waals surface area contributed by atoms with Crippen molar-refractivity contribution >= 4 is 7.26 Å². The molecule has 1 aliphatic heterocycles. The van der Waals surface area contributed by atoms with Gasteiger partial charge in [-0.05, 0) is 57.2 Å². The lowest BCUT2D eigenvalue weighted by Crippen LogP contribution is -3.00. The van der Waals surface area contributed by atoms with E-state index < -0.39 is 7.26 Å². The number of aromatic hydroxyl groups is 1. The molecule has 1 aromatic rings. The van der Waals surface area contributed by atoms with E-state index in [1.54, 1.807) is 0 Å². The van der Waals surface area contributed by atoms with Crippen LogP contribution in [0, 0.1) is 20.8 Å². The average molecular weight is 389 g/mol. The van der Waals surface area contributed by atoms with Crippen molar-refractivity contribution in [3.8, 4) is 11.5 Å². The van der Waals surface area contributed by atoms with Crippen molar-refractivity contribution in [1.29, 1.82) is 0 Å². The van der Waals surface area contributed by atoms with Crippen LogP contribution in [-0.2, 0) is 6.42 Å². The van der Waals surface area contributed by atoms with E-state index >= 15 is 0 Å². The van der Waals surface area contributed by atoms with E-state index in [0.717, 1.165) is 41.7 Å². The van der Waals surface area contributed by atoms with E-state index in [1.165, 1.54) is 11.7 Å². The van der Waals surface area contributed by atoms with Crippen LogP contribution in [0.3, 0.4) is 0 Å². The Morgan fingerprint density at radius 3 is 2.23 bits per heavy atom. The first-order valence-corrected chi connectivity index (χ1v) is 11.2. The maximum absolute atomic E-state index is 10.2. The molecule has 1 aliphatic rings. The minimum absolute atomic E-state index is 0. The SMILES string of the molecule is Cc1c(C)c2c(c(C)c1O)CCC(C)(CC[P+](C)(C)C)O2.[Br-]. The molecule has 4 heteroatoms. The summed E-state index contributed by atoms with van der Waals surface area (Å²) in [5, 5.41) is 10.2. The van der Waals surface area contributed by atoms with Crippen molar-refractivity contribution in [2.45, 2.75) is 52.6 Å². The van der Waals surface area contributed by atoms with E-state index in [1.807, 2.05) is 13.8 Å². The quantitative estimate of drug-likeness (QED) is 0.798. The highest BCUT2D eigenvalue weighted by Gasteiger charge is 2.36. The number of ether oxygens (including phenoxy) is 1. The van der Waals surface area contributed by atoms with Crippen molar-refractivity contribution < 1.29 is 26.8 Å². The minimum Gasteiger partial charge on any atom is -1.00 e. The number of phenols is 1. The third-order valence-electron chi connectivity index (χ3n) is 4.90. The molecule has 1 aromatic carbocycles. The van der Waals surface area contributed by atoms with Crippen molar-refractivity contribution in [2.75, 3.05) is 26.2 Å². The molecule has 0 aromatic heterocycles. The van der Waals surface area contributed by atoms with E-state index in [9.17, 15) is 5.11 Å². The lowest BCUT2D eigenvalue weighted by atomic mass is 9.86. The highest BCUT2D eigenvalue weighted by Crippen LogP contribution is 2.50. The standard InChI is InChI=1S/C18H29O2P.BrH/c1-12-13(2)17-15(14(3)16(12)19)8-9-18(4,20-17)10-11-21(5,6)7;/h8-11H2,1-7H3;1H. The smallest absolute Gasteiger partial charge is 0.127 e. The predicted molar refractivity (Wildman–Crippen MR) is 93.8 cm³/mol. The Morgan fingerprint density at radius 2 is 1.68 bits per heavy atom. The zero-order valence-electron chi connectivity index (χ0n) is 15.0. The van der Waals surface area contributed by atoms with Gasteiger partial charge in [-0.2, -0.15) is 0 Å². The number of hydrogen-bond donors (Lipinski definition) is 1. The second-order valence-electron chi connectivity index (χ2n) is 7.85. The third-order valence-corrected chi connectivity index (χ3v) is 6.47. The summed E-state index contributed by atoms with van der Waals surface area (Å²) in [5.41, 5.74) is 4.21. The van der Waals surface area contributed by atoms with Gasteiger partial charge in [0, 0.05) is 39.2 Å². The second-order valence-corrected chi connectivity index (χ2v) is 12.9. The van der Waals surface area contributed by atoms with Gasteiger partial charge in [-0.1, -0.05) is 0 Å². The summed E-state index contributed by atoms with van der Waals surface area (Å²) >= 11 is 0. The zero-order valence-corrected chi connectivity index (χ0v) is 17.5. The van der Waals surface area contributed by atoms with Gasteiger partial charge in [0.2, 0.25) is 0 Å². The molecule has 0 spiro atoms. The van der Waals surface area contributed by atoms with Crippen LogP contribution in [0.2, 0.25) is 0 Å². The van der Waals surface area contributed by atoms with Gasteiger partial charge in [0.1, 0.15) is 17.1 Å². The molecule has 0 bridgehead atoms. The topological polar surface area (TPSA) is 29.5 Å². The van der Waals surface area contributed by atoms with Crippen LogP contribution in [0.4, 0.5) is 0 Å². The molecular weight excluding hydrogens is 359 g/mol. The number of benzene rings is 1. The van der Waals surface area contributed by atoms with Crippen molar-refractivity contribution in [2.24, 2.45) is 0 Å². The molecule has 126 valence electrons. The molecule has 1 N–H and O–H groups in total. The van der Waals surface area contributed by atoms with E-state index in [2.05, 4.69) is 33.8 Å². The second kappa shape index (κ2) is 6.69. The molecule has 1 unspecified atom stereocenters. The van der Waals surface area contributed by atoms with Crippen LogP contribution in [0.1, 0.15) is 42.0 Å². The van der Waals surface area contributed by atoms with Gasteiger partial charge >= 0.3 is 0 Å². The van der Waals surface area contributed by atoms with Gasteiger partial charge in [-0.3, -0.25) is 0 Å². The van der Waals surface area contributed by atoms with Crippen LogP contribution in [0.25, 0.3) is 0 Å². The summed E-state index contributed by atoms with van der Waals surface area (Å²) < 4.78 is 6.47. The average Bonchev–Trinajstić information content (AvgIpc) is 2.40. The van der Waals surface area contributed by atoms with Gasteiger partial charge in [0.05, 0.1) is 6.16 Å². The number of phenolic OH excluding ortho intramolecular Hbond substituents is 1. The van der Waals surface area contributed by atoms with Gasteiger partial charge in [0.15, 0.2) is 0 Å². The summed E-state index contributed by atoms with van der Waals surface area (Å²) in [6, 6.07) is 0. The molecule has 0 fully saturated rings. The highest BCUT2D eigenvalue weighted by molar-refractivity contribution is 7.73. The fourth-order valence-electron chi connectivity index (χ4n) is 3.04. The van der Waals surface area contributed by atoms with Crippen LogP contribution in [0.15, 0.2) is 0 Å². The summed E-state index contributed by atoms with van der Waals surface area (Å²) in [4.78, 5) is 0. The van der Waals surface area contributed by atoms with Gasteiger partial charge in [-0.15, -0.1) is 0 Å². The maximum Gasteiger partial charge on any atom is 0.127 e. The first-order chi connectivity index (χ1) is 9.54. The van der Waals surface area contributed by atoms with Crippen LogP contribution in [-0.4, -0.2) is 36.9 Å². The zero-order chi connectivity index (χ0) is 16.0. The van der Waals surface area contributed by atoms with Crippen molar-refractivity contribution in [1.82, 2.24) is 0 Å². The highest BCUT2D eigenvalue weighted by atomic mass is 79.9. The number of halogens is 1. The monoisotopic (exact) mass is 388 g/mol. The Labute approximate surface area is 146 Å². The van der Waals surface area contributed by atoms with Crippen LogP contribution in [0.5, 0.6) is 11.5 Å². The molecule has 2 rings (SSSR count). The molecule has 2 nitrogen and oxygen atoms in total. The molecule has 0 saturated carbocycles. The molecule has 1 atom stereocenters. The lowest BCUT2D eigenvalue weighted by molar-refractivity contribution is -0.0000102. The minimum atomic E-state index is -0.768. The fraction of sp³-hybridized carbons (Fsp3) is 0.667. The van der Waals surface area contributed by atoms with Gasteiger partial charge in [0.25, 0.3) is 0 Å².